The van der Waals surface area contributed by atoms with Crippen LogP contribution in [0.5, 0.6) is 0 Å². The summed E-state index contributed by atoms with van der Waals surface area (Å²) in [7, 11) is -3.92. The number of anilines is 2. The lowest BCUT2D eigenvalue weighted by Crippen LogP contribution is -2.15. The van der Waals surface area contributed by atoms with Crippen LogP contribution in [0.3, 0.4) is 0 Å². The van der Waals surface area contributed by atoms with Crippen molar-refractivity contribution >= 4 is 60.5 Å². The van der Waals surface area contributed by atoms with Crippen LogP contribution in [0.25, 0.3) is 0 Å². The molecule has 0 aliphatic heterocycles. The predicted octanol–water partition coefficient (Wildman–Crippen LogP) is 4.45. The molecule has 0 spiro atoms. The zero-order valence-corrected chi connectivity index (χ0v) is 14.7. The first-order valence-electron chi connectivity index (χ1n) is 5.74. The van der Waals surface area contributed by atoms with Crippen molar-refractivity contribution in [2.24, 2.45) is 0 Å². The molecule has 0 saturated carbocycles. The van der Waals surface area contributed by atoms with Gasteiger partial charge in [0.05, 0.1) is 15.7 Å². The summed E-state index contributed by atoms with van der Waals surface area (Å²) in [5.74, 6) is 0. The molecule has 2 rings (SSSR count). The lowest BCUT2D eigenvalue weighted by Gasteiger charge is -2.13. The van der Waals surface area contributed by atoms with Gasteiger partial charge in [-0.15, -0.1) is 0 Å². The highest BCUT2D eigenvalue weighted by Crippen LogP contribution is 2.33. The number of nitrogen functional groups attached to an aromatic ring is 1. The maximum Gasteiger partial charge on any atom is 0.264 e. The van der Waals surface area contributed by atoms with E-state index in [1.165, 1.54) is 12.1 Å². The Morgan fingerprint density at radius 3 is 2.29 bits per heavy atom. The zero-order valence-electron chi connectivity index (χ0n) is 10.8. The standard InChI is InChI=1S/C13H11BrCl2N2O2S/c1-7-2-3-8(14)4-12(7)18-21(19,20)13-10(15)5-9(17)6-11(13)16/h2-6,18H,17H2,1H3. The van der Waals surface area contributed by atoms with Crippen molar-refractivity contribution in [3.05, 3.63) is 50.4 Å². The smallest absolute Gasteiger partial charge is 0.264 e. The van der Waals surface area contributed by atoms with Gasteiger partial charge in [-0.3, -0.25) is 4.72 Å². The average molecular weight is 410 g/mol. The molecule has 21 heavy (non-hydrogen) atoms. The molecular weight excluding hydrogens is 399 g/mol. The van der Waals surface area contributed by atoms with Crippen molar-refractivity contribution in [2.75, 3.05) is 10.5 Å². The van der Waals surface area contributed by atoms with Gasteiger partial charge in [0.2, 0.25) is 0 Å². The van der Waals surface area contributed by atoms with Gasteiger partial charge in [0, 0.05) is 10.2 Å². The highest BCUT2D eigenvalue weighted by molar-refractivity contribution is 9.10. The van der Waals surface area contributed by atoms with E-state index in [9.17, 15) is 8.42 Å². The molecule has 0 heterocycles. The Hall–Kier alpha value is -0.950. The molecule has 0 amide bonds. The van der Waals surface area contributed by atoms with Gasteiger partial charge >= 0.3 is 0 Å². The number of sulfonamides is 1. The van der Waals surface area contributed by atoms with Crippen LogP contribution in [-0.2, 0) is 10.0 Å². The number of hydrogen-bond donors (Lipinski definition) is 2. The fourth-order valence-electron chi connectivity index (χ4n) is 1.74. The molecule has 8 heteroatoms. The molecule has 0 fully saturated rings. The van der Waals surface area contributed by atoms with Crippen LogP contribution in [-0.4, -0.2) is 8.42 Å². The molecule has 4 nitrogen and oxygen atoms in total. The van der Waals surface area contributed by atoms with Gasteiger partial charge in [-0.1, -0.05) is 45.2 Å². The van der Waals surface area contributed by atoms with Crippen LogP contribution in [0, 0.1) is 6.92 Å². The lowest BCUT2D eigenvalue weighted by molar-refractivity contribution is 0.601. The minimum atomic E-state index is -3.92. The summed E-state index contributed by atoms with van der Waals surface area (Å²) in [4.78, 5) is -0.195. The summed E-state index contributed by atoms with van der Waals surface area (Å²) >= 11 is 15.2. The van der Waals surface area contributed by atoms with Crippen molar-refractivity contribution in [2.45, 2.75) is 11.8 Å². The predicted molar refractivity (Wildman–Crippen MR) is 90.6 cm³/mol. The second kappa shape index (κ2) is 6.04. The van der Waals surface area contributed by atoms with Crippen molar-refractivity contribution in [1.82, 2.24) is 0 Å². The second-order valence-corrected chi connectivity index (χ2v) is 7.73. The van der Waals surface area contributed by atoms with E-state index < -0.39 is 10.0 Å². The van der Waals surface area contributed by atoms with Gasteiger partial charge in [0.15, 0.2) is 0 Å². The third-order valence-electron chi connectivity index (χ3n) is 2.73. The number of benzene rings is 2. The van der Waals surface area contributed by atoms with Crippen LogP contribution in [0.1, 0.15) is 5.56 Å². The number of nitrogens with one attached hydrogen (secondary N) is 1. The molecule has 2 aromatic carbocycles. The first-order chi connectivity index (χ1) is 9.70. The molecule has 0 aliphatic carbocycles. The van der Waals surface area contributed by atoms with Crippen LogP contribution < -0.4 is 10.5 Å². The Balaban J connectivity index is 2.51. The van der Waals surface area contributed by atoms with E-state index in [1.807, 2.05) is 6.07 Å². The molecule has 0 atom stereocenters. The zero-order chi connectivity index (χ0) is 15.8. The Labute approximate surface area is 141 Å². The third-order valence-corrected chi connectivity index (χ3v) is 5.51. The van der Waals surface area contributed by atoms with E-state index in [4.69, 9.17) is 28.9 Å². The minimum Gasteiger partial charge on any atom is -0.399 e. The van der Waals surface area contributed by atoms with Crippen LogP contribution >= 0.6 is 39.1 Å². The van der Waals surface area contributed by atoms with Gasteiger partial charge < -0.3 is 5.73 Å². The Morgan fingerprint density at radius 1 is 1.14 bits per heavy atom. The third kappa shape index (κ3) is 3.63. The van der Waals surface area contributed by atoms with Gasteiger partial charge in [-0.05, 0) is 36.8 Å². The number of hydrogen-bond acceptors (Lipinski definition) is 3. The van der Waals surface area contributed by atoms with Gasteiger partial charge in [0.25, 0.3) is 10.0 Å². The monoisotopic (exact) mass is 408 g/mol. The molecule has 0 unspecified atom stereocenters. The molecule has 0 bridgehead atoms. The maximum atomic E-state index is 12.5. The Kier molecular flexibility index (Phi) is 4.72. The molecule has 3 N–H and O–H groups in total. The minimum absolute atomic E-state index is 0.0276. The second-order valence-electron chi connectivity index (χ2n) is 4.38. The molecule has 0 saturated heterocycles. The summed E-state index contributed by atoms with van der Waals surface area (Å²) in [5, 5.41) is -0.0553. The topological polar surface area (TPSA) is 72.2 Å². The Bertz CT molecular complexity index is 787. The first kappa shape index (κ1) is 16.4. The normalized spacial score (nSPS) is 11.4. The summed E-state index contributed by atoms with van der Waals surface area (Å²) in [6, 6.07) is 7.95. The van der Waals surface area contributed by atoms with E-state index in [1.54, 1.807) is 19.1 Å². The molecule has 0 aromatic heterocycles. The van der Waals surface area contributed by atoms with Gasteiger partial charge in [-0.2, -0.15) is 0 Å². The van der Waals surface area contributed by atoms with Crippen molar-refractivity contribution in [3.63, 3.8) is 0 Å². The van der Waals surface area contributed by atoms with Crippen LogP contribution in [0.4, 0.5) is 11.4 Å². The highest BCUT2D eigenvalue weighted by atomic mass is 79.9. The quantitative estimate of drug-likeness (QED) is 0.735. The molecule has 2 aromatic rings. The molecule has 112 valence electrons. The van der Waals surface area contributed by atoms with E-state index in [2.05, 4.69) is 20.7 Å². The van der Waals surface area contributed by atoms with Gasteiger partial charge in [-0.25, -0.2) is 8.42 Å². The van der Waals surface area contributed by atoms with Crippen molar-refractivity contribution in [3.8, 4) is 0 Å². The van der Waals surface area contributed by atoms with E-state index >= 15 is 0 Å². The maximum absolute atomic E-state index is 12.5. The van der Waals surface area contributed by atoms with Crippen LogP contribution in [0.15, 0.2) is 39.7 Å². The summed E-state index contributed by atoms with van der Waals surface area (Å²) in [6.45, 7) is 1.79. The molecular formula is C13H11BrCl2N2O2S. The number of aryl methyl sites for hydroxylation is 1. The summed E-state index contributed by atoms with van der Waals surface area (Å²) in [6.07, 6.45) is 0. The summed E-state index contributed by atoms with van der Waals surface area (Å²) in [5.41, 5.74) is 7.08. The summed E-state index contributed by atoms with van der Waals surface area (Å²) < 4.78 is 28.2. The highest BCUT2D eigenvalue weighted by Gasteiger charge is 2.23. The van der Waals surface area contributed by atoms with Gasteiger partial charge in [0.1, 0.15) is 4.90 Å². The first-order valence-corrected chi connectivity index (χ1v) is 8.77. The van der Waals surface area contributed by atoms with E-state index in [0.717, 1.165) is 10.0 Å². The molecule has 0 aliphatic rings. The molecule has 0 radical (unpaired) electrons. The SMILES string of the molecule is Cc1ccc(Br)cc1NS(=O)(=O)c1c(Cl)cc(N)cc1Cl. The largest absolute Gasteiger partial charge is 0.399 e. The average Bonchev–Trinajstić information content (AvgIpc) is 2.31. The number of rotatable bonds is 3. The van der Waals surface area contributed by atoms with E-state index in [-0.39, 0.29) is 14.9 Å². The fraction of sp³-hybridized carbons (Fsp3) is 0.0769. The lowest BCUT2D eigenvalue weighted by atomic mass is 10.2. The fourth-order valence-corrected chi connectivity index (χ4v) is 4.45. The Morgan fingerprint density at radius 2 is 1.71 bits per heavy atom. The van der Waals surface area contributed by atoms with Crippen molar-refractivity contribution in [1.29, 1.82) is 0 Å². The van der Waals surface area contributed by atoms with Crippen LogP contribution in [0.2, 0.25) is 10.0 Å². The van der Waals surface area contributed by atoms with Crippen molar-refractivity contribution < 1.29 is 8.42 Å². The number of nitrogens with two attached hydrogens (primary N) is 1. The van der Waals surface area contributed by atoms with E-state index in [0.29, 0.717) is 11.4 Å². The number of halogens is 3.